The summed E-state index contributed by atoms with van der Waals surface area (Å²) in [7, 11) is 0. The van der Waals surface area contributed by atoms with E-state index in [2.05, 4.69) is 159 Å². The zero-order valence-corrected chi connectivity index (χ0v) is 34.9. The summed E-state index contributed by atoms with van der Waals surface area (Å²) in [5.74, 6) is 0.711. The minimum atomic E-state index is 0.0185. The Hall–Kier alpha value is -6.07. The van der Waals surface area contributed by atoms with E-state index in [1.807, 2.05) is 6.92 Å². The Morgan fingerprint density at radius 3 is 1.38 bits per heavy atom. The van der Waals surface area contributed by atoms with Crippen LogP contribution >= 0.6 is 0 Å². The van der Waals surface area contributed by atoms with Crippen LogP contribution in [-0.4, -0.2) is 26.3 Å². The average molecular weight is 790 g/mol. The van der Waals surface area contributed by atoms with Crippen LogP contribution in [0.15, 0.2) is 146 Å². The highest BCUT2D eigenvalue weighted by Gasteiger charge is 2.33. The van der Waals surface area contributed by atoms with Gasteiger partial charge in [0, 0.05) is 61.3 Å². The molecule has 0 N–H and O–H groups in total. The Morgan fingerprint density at radius 2 is 0.933 bits per heavy atom. The number of rotatable bonds is 16. The molecule has 1 saturated carbocycles. The van der Waals surface area contributed by atoms with Gasteiger partial charge < -0.3 is 18.4 Å². The molecule has 0 spiro atoms. The summed E-state index contributed by atoms with van der Waals surface area (Å²) in [5.41, 5.74) is 9.90. The van der Waals surface area contributed by atoms with Gasteiger partial charge in [-0.3, -0.25) is 4.79 Å². The standard InChI is InChI=1S/C55H55N3O2/c1-2-20-39-35-40(36-39)55(59)60-34-19-9-7-5-3-4-6-8-18-33-56-49-31-29-41(57-51-25-14-10-21-43(51)44-22-11-15-26-52(44)57)37-47(49)48-38-42(30-32-50(48)56)58-53-27-16-12-23-45(53)46-24-13-17-28-54(46)58/h2,10-17,20-32,37-40H,3-9,18-19,33-36H2,1H3. The Labute approximate surface area is 352 Å². The number of unbranched alkanes of at least 4 members (excludes halogenated alkanes) is 8. The van der Waals surface area contributed by atoms with Crippen LogP contribution in [0.25, 0.3) is 76.8 Å². The first-order valence-electron chi connectivity index (χ1n) is 22.5. The van der Waals surface area contributed by atoms with Crippen molar-refractivity contribution in [3.8, 4) is 11.4 Å². The number of fused-ring (bicyclic) bond motifs is 9. The van der Waals surface area contributed by atoms with E-state index in [0.717, 1.165) is 38.6 Å². The number of aryl methyl sites for hydroxylation is 1. The highest BCUT2D eigenvalue weighted by molar-refractivity contribution is 6.13. The van der Waals surface area contributed by atoms with E-state index in [4.69, 9.17) is 4.74 Å². The number of carbonyl (C=O) groups excluding carboxylic acids is 1. The Morgan fingerprint density at radius 1 is 0.517 bits per heavy atom. The lowest BCUT2D eigenvalue weighted by atomic mass is 9.75. The van der Waals surface area contributed by atoms with Crippen LogP contribution in [0.3, 0.4) is 0 Å². The molecule has 0 saturated heterocycles. The normalized spacial score (nSPS) is 15.7. The molecular formula is C55H55N3O2. The van der Waals surface area contributed by atoms with Crippen molar-refractivity contribution in [2.24, 2.45) is 11.8 Å². The predicted molar refractivity (Wildman–Crippen MR) is 252 cm³/mol. The number of carbonyl (C=O) groups is 1. The molecule has 9 aromatic rings. The maximum atomic E-state index is 12.3. The molecule has 0 aliphatic heterocycles. The number of aromatic nitrogens is 3. The van der Waals surface area contributed by atoms with Crippen LogP contribution in [-0.2, 0) is 16.1 Å². The van der Waals surface area contributed by atoms with Crippen molar-refractivity contribution in [3.05, 3.63) is 146 Å². The zero-order chi connectivity index (χ0) is 40.4. The monoisotopic (exact) mass is 789 g/mol. The van der Waals surface area contributed by atoms with Crippen molar-refractivity contribution in [2.45, 2.75) is 84.1 Å². The predicted octanol–water partition coefficient (Wildman–Crippen LogP) is 14.6. The van der Waals surface area contributed by atoms with Gasteiger partial charge in [0.05, 0.1) is 34.6 Å². The molecule has 1 aliphatic carbocycles. The molecule has 60 heavy (non-hydrogen) atoms. The van der Waals surface area contributed by atoms with Gasteiger partial charge in [0.25, 0.3) is 0 Å². The minimum absolute atomic E-state index is 0.0185. The maximum Gasteiger partial charge on any atom is 0.308 e. The van der Waals surface area contributed by atoms with E-state index in [9.17, 15) is 4.79 Å². The Balaban J connectivity index is 0.862. The molecule has 5 nitrogen and oxygen atoms in total. The lowest BCUT2D eigenvalue weighted by Gasteiger charge is -2.31. The molecule has 0 atom stereocenters. The van der Waals surface area contributed by atoms with Crippen molar-refractivity contribution in [2.75, 3.05) is 6.61 Å². The molecule has 0 radical (unpaired) electrons. The number of benzene rings is 6. The average Bonchev–Trinajstić information content (AvgIpc) is 3.90. The summed E-state index contributed by atoms with van der Waals surface area (Å²) in [6, 6.07) is 49.4. The third-order valence-corrected chi connectivity index (χ3v) is 13.3. The molecule has 0 amide bonds. The zero-order valence-electron chi connectivity index (χ0n) is 34.9. The van der Waals surface area contributed by atoms with Gasteiger partial charge in [-0.15, -0.1) is 0 Å². The first-order valence-corrected chi connectivity index (χ1v) is 22.5. The van der Waals surface area contributed by atoms with Crippen molar-refractivity contribution >= 4 is 71.4 Å². The van der Waals surface area contributed by atoms with Crippen LogP contribution in [0.1, 0.15) is 77.6 Å². The number of ether oxygens (including phenoxy) is 1. The molecule has 5 heteroatoms. The van der Waals surface area contributed by atoms with Crippen molar-refractivity contribution in [3.63, 3.8) is 0 Å². The topological polar surface area (TPSA) is 41.1 Å². The van der Waals surface area contributed by atoms with Crippen LogP contribution in [0.4, 0.5) is 0 Å². The molecule has 3 heterocycles. The quantitative estimate of drug-likeness (QED) is 0.0556. The van der Waals surface area contributed by atoms with E-state index in [0.29, 0.717) is 12.5 Å². The van der Waals surface area contributed by atoms with Gasteiger partial charge in [-0.2, -0.15) is 0 Å². The number of nitrogens with zero attached hydrogens (tertiary/aromatic N) is 3. The number of hydrogen-bond donors (Lipinski definition) is 0. The minimum Gasteiger partial charge on any atom is -0.465 e. The second-order valence-corrected chi connectivity index (χ2v) is 17.1. The fraction of sp³-hybridized carbons (Fsp3) is 0.291. The van der Waals surface area contributed by atoms with E-state index < -0.39 is 0 Å². The Bertz CT molecular complexity index is 2730. The molecule has 1 aliphatic rings. The summed E-state index contributed by atoms with van der Waals surface area (Å²) >= 11 is 0. The summed E-state index contributed by atoms with van der Waals surface area (Å²) in [4.78, 5) is 12.3. The molecular weight excluding hydrogens is 735 g/mol. The smallest absolute Gasteiger partial charge is 0.308 e. The number of allylic oxidation sites excluding steroid dienone is 2. The van der Waals surface area contributed by atoms with Gasteiger partial charge in [-0.25, -0.2) is 0 Å². The lowest BCUT2D eigenvalue weighted by molar-refractivity contribution is -0.152. The third-order valence-electron chi connectivity index (χ3n) is 13.3. The molecule has 3 aromatic heterocycles. The number of para-hydroxylation sites is 4. The highest BCUT2D eigenvalue weighted by atomic mass is 16.5. The van der Waals surface area contributed by atoms with E-state index in [1.165, 1.54) is 115 Å². The molecule has 10 rings (SSSR count). The van der Waals surface area contributed by atoms with Gasteiger partial charge in [-0.05, 0) is 99.2 Å². The lowest BCUT2D eigenvalue weighted by Crippen LogP contribution is -2.31. The summed E-state index contributed by atoms with van der Waals surface area (Å²) in [6.07, 6.45) is 17.0. The van der Waals surface area contributed by atoms with E-state index in [1.54, 1.807) is 0 Å². The summed E-state index contributed by atoms with van der Waals surface area (Å²) < 4.78 is 13.0. The fourth-order valence-corrected chi connectivity index (χ4v) is 10.2. The first kappa shape index (κ1) is 38.2. The SMILES string of the molecule is CC=CC1CC(C(=O)OCCCCCCCCCCCn2c3ccc(-n4c5ccccc5c5ccccc54)cc3c3cc(-n4c5ccccc5c5ccccc54)ccc32)C1. The van der Waals surface area contributed by atoms with Crippen LogP contribution in [0.5, 0.6) is 0 Å². The molecule has 0 bridgehead atoms. The van der Waals surface area contributed by atoms with Crippen molar-refractivity contribution in [1.82, 2.24) is 13.7 Å². The third kappa shape index (κ3) is 7.08. The second kappa shape index (κ2) is 16.9. The van der Waals surface area contributed by atoms with Gasteiger partial charge in [0.2, 0.25) is 0 Å². The molecule has 6 aromatic carbocycles. The van der Waals surface area contributed by atoms with Crippen LogP contribution < -0.4 is 0 Å². The maximum absolute atomic E-state index is 12.3. The fourth-order valence-electron chi connectivity index (χ4n) is 10.2. The largest absolute Gasteiger partial charge is 0.465 e. The van der Waals surface area contributed by atoms with Gasteiger partial charge in [0.1, 0.15) is 0 Å². The summed E-state index contributed by atoms with van der Waals surface area (Å²) in [6.45, 7) is 3.62. The highest BCUT2D eigenvalue weighted by Crippen LogP contribution is 2.39. The summed E-state index contributed by atoms with van der Waals surface area (Å²) in [5, 5.41) is 7.72. The van der Waals surface area contributed by atoms with Gasteiger partial charge in [-0.1, -0.05) is 130 Å². The van der Waals surface area contributed by atoms with E-state index in [-0.39, 0.29) is 11.9 Å². The van der Waals surface area contributed by atoms with Crippen molar-refractivity contribution in [1.29, 1.82) is 0 Å². The van der Waals surface area contributed by atoms with Gasteiger partial charge in [0.15, 0.2) is 0 Å². The van der Waals surface area contributed by atoms with Crippen molar-refractivity contribution < 1.29 is 9.53 Å². The molecule has 302 valence electrons. The number of esters is 1. The van der Waals surface area contributed by atoms with E-state index >= 15 is 0 Å². The van der Waals surface area contributed by atoms with Crippen LogP contribution in [0, 0.1) is 11.8 Å². The van der Waals surface area contributed by atoms with Gasteiger partial charge >= 0.3 is 5.97 Å². The molecule has 0 unspecified atom stereocenters. The Kier molecular flexibility index (Phi) is 10.7. The van der Waals surface area contributed by atoms with Crippen LogP contribution in [0.2, 0.25) is 0 Å². The second-order valence-electron chi connectivity index (χ2n) is 17.1. The molecule has 1 fully saturated rings. The first-order chi connectivity index (χ1) is 29.7. The number of hydrogen-bond acceptors (Lipinski definition) is 2.